The van der Waals surface area contributed by atoms with Gasteiger partial charge >= 0.3 is 5.97 Å². The number of unbranched alkanes of at least 4 members (excludes halogenated alkanes) is 12. The number of hydrogen-bond acceptors (Lipinski definition) is 9. The zero-order chi connectivity index (χ0) is 40.0. The molecule has 6 unspecified atom stereocenters. The normalized spacial score (nSPS) is 21.5. The van der Waals surface area contributed by atoms with Crippen LogP contribution in [0.15, 0.2) is 72.9 Å². The highest BCUT2D eigenvalue weighted by molar-refractivity contribution is 5.69. The van der Waals surface area contributed by atoms with Gasteiger partial charge < -0.3 is 39.4 Å². The molecule has 9 heteroatoms. The maximum Gasteiger partial charge on any atom is 0.306 e. The molecular formula is C46H78O9. The van der Waals surface area contributed by atoms with Gasteiger partial charge in [-0.3, -0.25) is 4.79 Å². The number of aliphatic hydroxyl groups excluding tert-OH is 4. The predicted octanol–water partition coefficient (Wildman–Crippen LogP) is 9.30. The van der Waals surface area contributed by atoms with E-state index in [2.05, 4.69) is 86.8 Å². The topological polar surface area (TPSA) is 135 Å². The maximum atomic E-state index is 12.6. The summed E-state index contributed by atoms with van der Waals surface area (Å²) in [5.41, 5.74) is 0. The summed E-state index contributed by atoms with van der Waals surface area (Å²) in [6.45, 7) is 4.33. The Morgan fingerprint density at radius 3 is 1.67 bits per heavy atom. The van der Waals surface area contributed by atoms with Crippen LogP contribution in [0.4, 0.5) is 0 Å². The molecule has 0 bridgehead atoms. The largest absolute Gasteiger partial charge is 0.457 e. The molecule has 6 atom stereocenters. The van der Waals surface area contributed by atoms with Crippen LogP contribution in [0.3, 0.4) is 0 Å². The molecule has 55 heavy (non-hydrogen) atoms. The fourth-order valence-corrected chi connectivity index (χ4v) is 6.02. The Morgan fingerprint density at radius 1 is 0.600 bits per heavy atom. The minimum atomic E-state index is -1.54. The van der Waals surface area contributed by atoms with Gasteiger partial charge in [-0.1, -0.05) is 151 Å². The molecule has 4 N–H and O–H groups in total. The SMILES string of the molecule is CC/C=C\C/C=C\C/C=C\C/C=C\C/C=C\C/C=C\CCCCCCCCCOCC(COC1OC(CO)C(O)C(O)C1O)OC(=O)CCCCCCCC. The smallest absolute Gasteiger partial charge is 0.306 e. The van der Waals surface area contributed by atoms with Gasteiger partial charge in [0.2, 0.25) is 0 Å². The van der Waals surface area contributed by atoms with Gasteiger partial charge in [-0.25, -0.2) is 0 Å². The summed E-state index contributed by atoms with van der Waals surface area (Å²) in [5, 5.41) is 39.9. The quantitative estimate of drug-likeness (QED) is 0.0282. The molecule has 9 nitrogen and oxygen atoms in total. The van der Waals surface area contributed by atoms with Crippen molar-refractivity contribution in [2.75, 3.05) is 26.4 Å². The van der Waals surface area contributed by atoms with Crippen molar-refractivity contribution in [1.29, 1.82) is 0 Å². The molecule has 1 aliphatic rings. The zero-order valence-corrected chi connectivity index (χ0v) is 34.4. The van der Waals surface area contributed by atoms with Crippen molar-refractivity contribution in [2.45, 2.75) is 185 Å². The van der Waals surface area contributed by atoms with Crippen LogP contribution in [0, 0.1) is 0 Å². The summed E-state index contributed by atoms with van der Waals surface area (Å²) >= 11 is 0. The van der Waals surface area contributed by atoms with Gasteiger partial charge in [0.15, 0.2) is 6.29 Å². The summed E-state index contributed by atoms with van der Waals surface area (Å²) in [5.74, 6) is -0.331. The van der Waals surface area contributed by atoms with Gasteiger partial charge in [-0.2, -0.15) is 0 Å². The summed E-state index contributed by atoms with van der Waals surface area (Å²) in [4.78, 5) is 12.6. The van der Waals surface area contributed by atoms with E-state index in [1.165, 1.54) is 44.9 Å². The first-order chi connectivity index (χ1) is 26.9. The average molecular weight is 775 g/mol. The Balaban J connectivity index is 2.16. The predicted molar refractivity (Wildman–Crippen MR) is 224 cm³/mol. The number of esters is 1. The molecule has 0 aromatic rings. The highest BCUT2D eigenvalue weighted by Gasteiger charge is 2.44. The van der Waals surface area contributed by atoms with E-state index in [1.807, 2.05) is 0 Å². The van der Waals surface area contributed by atoms with Crippen molar-refractivity contribution < 1.29 is 44.2 Å². The standard InChI is InChI=1S/C46H78O9/c1-3-5-7-9-11-12-13-14-15-16-17-18-19-20-21-22-23-24-25-26-27-28-29-30-32-34-36-52-38-40(54-42(48)35-33-31-10-8-6-4-2)39-53-46-45(51)44(50)43(49)41(37-47)55-46/h5,7,11-12,14-15,17-18,20-21,23-24,40-41,43-47,49-51H,3-4,6,8-10,13,16,19,22,25-39H2,1-2H3/b7-5-,12-11-,15-14-,18-17-,21-20-,24-23-. The lowest BCUT2D eigenvalue weighted by Crippen LogP contribution is -2.59. The Labute approximate surface area is 334 Å². The van der Waals surface area contributed by atoms with Gasteiger partial charge in [0.25, 0.3) is 0 Å². The fourth-order valence-electron chi connectivity index (χ4n) is 6.02. The number of ether oxygens (including phenoxy) is 4. The van der Waals surface area contributed by atoms with Gasteiger partial charge in [0.05, 0.1) is 19.8 Å². The number of aliphatic hydroxyl groups is 4. The van der Waals surface area contributed by atoms with E-state index in [1.54, 1.807) is 0 Å². The van der Waals surface area contributed by atoms with Crippen molar-refractivity contribution in [1.82, 2.24) is 0 Å². The molecule has 0 saturated carbocycles. The lowest BCUT2D eigenvalue weighted by atomic mass is 9.99. The molecule has 0 aromatic carbocycles. The van der Waals surface area contributed by atoms with Crippen molar-refractivity contribution in [3.05, 3.63) is 72.9 Å². The van der Waals surface area contributed by atoms with E-state index in [0.717, 1.165) is 83.5 Å². The Morgan fingerprint density at radius 2 is 1.11 bits per heavy atom. The van der Waals surface area contributed by atoms with Crippen LogP contribution >= 0.6 is 0 Å². The van der Waals surface area contributed by atoms with E-state index >= 15 is 0 Å². The van der Waals surface area contributed by atoms with Crippen LogP contribution in [0.2, 0.25) is 0 Å². The van der Waals surface area contributed by atoms with Crippen molar-refractivity contribution >= 4 is 5.97 Å². The van der Waals surface area contributed by atoms with Crippen molar-refractivity contribution in [3.63, 3.8) is 0 Å². The third kappa shape index (κ3) is 28.6. The van der Waals surface area contributed by atoms with E-state index < -0.39 is 43.4 Å². The summed E-state index contributed by atoms with van der Waals surface area (Å²) in [6, 6.07) is 0. The molecule has 1 fully saturated rings. The maximum absolute atomic E-state index is 12.6. The zero-order valence-electron chi connectivity index (χ0n) is 34.4. The van der Waals surface area contributed by atoms with Crippen LogP contribution in [-0.4, -0.2) is 89.6 Å². The number of carbonyl (C=O) groups is 1. The van der Waals surface area contributed by atoms with E-state index in [-0.39, 0.29) is 19.2 Å². The lowest BCUT2D eigenvalue weighted by molar-refractivity contribution is -0.305. The number of allylic oxidation sites excluding steroid dienone is 12. The molecular weight excluding hydrogens is 696 g/mol. The van der Waals surface area contributed by atoms with Gasteiger partial charge in [0.1, 0.15) is 30.5 Å². The van der Waals surface area contributed by atoms with Gasteiger partial charge in [-0.05, 0) is 64.2 Å². The lowest BCUT2D eigenvalue weighted by Gasteiger charge is -2.39. The minimum absolute atomic E-state index is 0.122. The first-order valence-corrected chi connectivity index (χ1v) is 21.5. The molecule has 0 amide bonds. The molecule has 1 aliphatic heterocycles. The van der Waals surface area contributed by atoms with Crippen molar-refractivity contribution in [2.24, 2.45) is 0 Å². The first kappa shape index (κ1) is 50.6. The third-order valence-electron chi connectivity index (χ3n) is 9.39. The second-order valence-corrected chi connectivity index (χ2v) is 14.4. The highest BCUT2D eigenvalue weighted by atomic mass is 16.7. The van der Waals surface area contributed by atoms with Gasteiger partial charge in [0, 0.05) is 13.0 Å². The second kappa shape index (κ2) is 37.2. The second-order valence-electron chi connectivity index (χ2n) is 14.4. The molecule has 316 valence electrons. The summed E-state index contributed by atoms with van der Waals surface area (Å²) in [6.07, 6.45) is 41.1. The number of rotatable bonds is 35. The number of hydrogen-bond donors (Lipinski definition) is 4. The van der Waals surface area contributed by atoms with Crippen LogP contribution in [0.25, 0.3) is 0 Å². The molecule has 0 aliphatic carbocycles. The third-order valence-corrected chi connectivity index (χ3v) is 9.39. The van der Waals surface area contributed by atoms with Crippen molar-refractivity contribution in [3.8, 4) is 0 Å². The monoisotopic (exact) mass is 775 g/mol. The molecule has 1 heterocycles. The first-order valence-electron chi connectivity index (χ1n) is 21.5. The van der Waals surface area contributed by atoms with Crippen LogP contribution < -0.4 is 0 Å². The molecule has 1 saturated heterocycles. The van der Waals surface area contributed by atoms with Crippen LogP contribution in [0.5, 0.6) is 0 Å². The molecule has 0 aromatic heterocycles. The van der Waals surface area contributed by atoms with E-state index in [4.69, 9.17) is 18.9 Å². The van der Waals surface area contributed by atoms with E-state index in [9.17, 15) is 25.2 Å². The number of carbonyl (C=O) groups excluding carboxylic acids is 1. The fraction of sp³-hybridized carbons (Fsp3) is 0.717. The summed E-state index contributed by atoms with van der Waals surface area (Å²) in [7, 11) is 0. The summed E-state index contributed by atoms with van der Waals surface area (Å²) < 4.78 is 22.6. The Bertz CT molecular complexity index is 1060. The minimum Gasteiger partial charge on any atom is -0.457 e. The van der Waals surface area contributed by atoms with Gasteiger partial charge in [-0.15, -0.1) is 0 Å². The average Bonchev–Trinajstić information content (AvgIpc) is 3.18. The molecule has 0 radical (unpaired) electrons. The van der Waals surface area contributed by atoms with Crippen LogP contribution in [0.1, 0.15) is 149 Å². The molecule has 1 rings (SSSR count). The molecule has 0 spiro atoms. The van der Waals surface area contributed by atoms with E-state index in [0.29, 0.717) is 13.0 Å². The Kier molecular flexibility index (Phi) is 34.3. The van der Waals surface area contributed by atoms with Crippen LogP contribution in [-0.2, 0) is 23.7 Å². The Hall–Kier alpha value is -2.37. The highest BCUT2D eigenvalue weighted by Crippen LogP contribution is 2.22.